The summed E-state index contributed by atoms with van der Waals surface area (Å²) in [6.07, 6.45) is 1.79. The molecule has 0 spiro atoms. The van der Waals surface area contributed by atoms with Gasteiger partial charge < -0.3 is 14.2 Å². The van der Waals surface area contributed by atoms with Gasteiger partial charge in [-0.25, -0.2) is 9.38 Å². The standard InChI is InChI=1S/C36H31FN2O5S/c1-5-43-30-18-24(12-16-28(30)44-20-23-10-14-26(37)15-11-23)19-31-35(41)39-34(32(22(3)40)21(2)38-36(39)45-31)33-27-9-7-6-8-25(27)13-17-29(33)42-4/h6-19,34H,5,20H2,1-4H3. The summed E-state index contributed by atoms with van der Waals surface area (Å²) in [5, 5.41) is 1.86. The average Bonchev–Trinajstić information content (AvgIpc) is 3.34. The van der Waals surface area contributed by atoms with Gasteiger partial charge in [0.25, 0.3) is 5.56 Å². The van der Waals surface area contributed by atoms with Crippen molar-refractivity contribution < 1.29 is 23.4 Å². The van der Waals surface area contributed by atoms with E-state index in [-0.39, 0.29) is 23.8 Å². The molecule has 9 heteroatoms. The summed E-state index contributed by atoms with van der Waals surface area (Å²) in [5.74, 6) is 1.17. The molecule has 0 radical (unpaired) electrons. The van der Waals surface area contributed by atoms with Crippen molar-refractivity contribution in [3.63, 3.8) is 0 Å². The number of carbonyl (C=O) groups is 1. The molecule has 6 rings (SSSR count). The van der Waals surface area contributed by atoms with Gasteiger partial charge in [-0.15, -0.1) is 0 Å². The predicted octanol–water partition coefficient (Wildman–Crippen LogP) is 6.10. The minimum Gasteiger partial charge on any atom is -0.496 e. The van der Waals surface area contributed by atoms with E-state index in [1.54, 1.807) is 42.9 Å². The van der Waals surface area contributed by atoms with Crippen molar-refractivity contribution in [3.8, 4) is 17.2 Å². The Labute approximate surface area is 263 Å². The fourth-order valence-corrected chi connectivity index (χ4v) is 6.72. The van der Waals surface area contributed by atoms with E-state index >= 15 is 0 Å². The molecule has 1 aliphatic rings. The first-order valence-corrected chi connectivity index (χ1v) is 15.3. The van der Waals surface area contributed by atoms with E-state index in [2.05, 4.69) is 0 Å². The first-order chi connectivity index (χ1) is 21.8. The Morgan fingerprint density at radius 3 is 2.49 bits per heavy atom. The molecule has 0 aliphatic carbocycles. The van der Waals surface area contributed by atoms with Crippen LogP contribution in [0.5, 0.6) is 17.2 Å². The number of aromatic nitrogens is 1. The summed E-state index contributed by atoms with van der Waals surface area (Å²) in [6, 6.07) is 22.6. The fourth-order valence-electron chi connectivity index (χ4n) is 5.67. The monoisotopic (exact) mass is 622 g/mol. The minimum absolute atomic E-state index is 0.164. The third kappa shape index (κ3) is 5.79. The average molecular weight is 623 g/mol. The van der Waals surface area contributed by atoms with Gasteiger partial charge in [-0.1, -0.05) is 59.9 Å². The molecule has 0 amide bonds. The van der Waals surface area contributed by atoms with Crippen LogP contribution in [0.1, 0.15) is 43.5 Å². The first kappa shape index (κ1) is 30.0. The van der Waals surface area contributed by atoms with E-state index in [4.69, 9.17) is 19.2 Å². The Kier molecular flexibility index (Phi) is 8.36. The lowest BCUT2D eigenvalue weighted by atomic mass is 9.89. The highest BCUT2D eigenvalue weighted by molar-refractivity contribution is 7.07. The molecular weight excluding hydrogens is 591 g/mol. The Morgan fingerprint density at radius 1 is 1.00 bits per heavy atom. The summed E-state index contributed by atoms with van der Waals surface area (Å²) >= 11 is 1.26. The highest BCUT2D eigenvalue weighted by Gasteiger charge is 2.33. The first-order valence-electron chi connectivity index (χ1n) is 14.5. The molecule has 1 atom stereocenters. The zero-order valence-electron chi connectivity index (χ0n) is 25.3. The van der Waals surface area contributed by atoms with E-state index in [0.717, 1.165) is 27.5 Å². The van der Waals surface area contributed by atoms with Crippen molar-refractivity contribution in [1.29, 1.82) is 0 Å². The number of halogens is 1. The Hall–Kier alpha value is -5.02. The lowest BCUT2D eigenvalue weighted by Crippen LogP contribution is -2.39. The van der Waals surface area contributed by atoms with Gasteiger partial charge in [0.2, 0.25) is 0 Å². The van der Waals surface area contributed by atoms with Gasteiger partial charge in [0.15, 0.2) is 22.1 Å². The number of thiazole rings is 1. The van der Waals surface area contributed by atoms with Crippen molar-refractivity contribution in [2.75, 3.05) is 13.7 Å². The van der Waals surface area contributed by atoms with Crippen LogP contribution in [0.15, 0.2) is 99.9 Å². The lowest BCUT2D eigenvalue weighted by molar-refractivity contribution is -0.114. The summed E-state index contributed by atoms with van der Waals surface area (Å²) in [5.41, 5.74) is 3.05. The van der Waals surface area contributed by atoms with Gasteiger partial charge in [0, 0.05) is 16.8 Å². The maximum absolute atomic E-state index is 14.2. The van der Waals surface area contributed by atoms with Crippen molar-refractivity contribution in [2.45, 2.75) is 33.4 Å². The number of benzene rings is 4. The van der Waals surface area contributed by atoms with Crippen LogP contribution in [-0.2, 0) is 11.4 Å². The van der Waals surface area contributed by atoms with Crippen molar-refractivity contribution >= 4 is 34.0 Å². The number of allylic oxidation sites excluding steroid dienone is 2. The molecular formula is C36H31FN2O5S. The second kappa shape index (κ2) is 12.5. The van der Waals surface area contributed by atoms with E-state index in [9.17, 15) is 14.0 Å². The van der Waals surface area contributed by atoms with Crippen LogP contribution in [0.25, 0.3) is 16.8 Å². The Bertz CT molecular complexity index is 2150. The van der Waals surface area contributed by atoms with Gasteiger partial charge >= 0.3 is 0 Å². The number of hydrogen-bond acceptors (Lipinski definition) is 7. The molecule has 5 aromatic rings. The number of carbonyl (C=O) groups excluding carboxylic acids is 1. The van der Waals surface area contributed by atoms with E-state index < -0.39 is 6.04 Å². The third-order valence-corrected chi connectivity index (χ3v) is 8.68. The van der Waals surface area contributed by atoms with Gasteiger partial charge in [0.1, 0.15) is 18.2 Å². The second-order valence-electron chi connectivity index (χ2n) is 10.6. The molecule has 0 N–H and O–H groups in total. The third-order valence-electron chi connectivity index (χ3n) is 7.70. The van der Waals surface area contributed by atoms with Crippen molar-refractivity contribution in [2.24, 2.45) is 4.99 Å². The normalized spacial score (nSPS) is 14.7. The van der Waals surface area contributed by atoms with Crippen LogP contribution in [0.2, 0.25) is 0 Å². The van der Waals surface area contributed by atoms with Gasteiger partial charge in [-0.2, -0.15) is 0 Å². The lowest BCUT2D eigenvalue weighted by Gasteiger charge is -2.27. The van der Waals surface area contributed by atoms with Crippen LogP contribution >= 0.6 is 11.3 Å². The van der Waals surface area contributed by atoms with E-state index in [1.807, 2.05) is 55.5 Å². The molecule has 7 nitrogen and oxygen atoms in total. The van der Waals surface area contributed by atoms with Gasteiger partial charge in [-0.05, 0) is 79.1 Å². The van der Waals surface area contributed by atoms with E-state index in [0.29, 0.717) is 44.5 Å². The van der Waals surface area contributed by atoms with Crippen LogP contribution < -0.4 is 29.1 Å². The molecule has 4 aromatic carbocycles. The Balaban J connectivity index is 1.46. The van der Waals surface area contributed by atoms with Crippen LogP contribution in [0.4, 0.5) is 4.39 Å². The quantitative estimate of drug-likeness (QED) is 0.199. The fraction of sp³-hybridized carbons (Fsp3) is 0.194. The number of nitrogens with zero attached hydrogens (tertiary/aromatic N) is 2. The maximum atomic E-state index is 14.2. The minimum atomic E-state index is -0.719. The zero-order valence-corrected chi connectivity index (χ0v) is 26.1. The second-order valence-corrected chi connectivity index (χ2v) is 11.6. The SMILES string of the molecule is CCOc1cc(C=c2sc3n(c2=O)C(c2c(OC)ccc4ccccc24)C(C(C)=O)=C(C)N=3)ccc1OCc1ccc(F)cc1. The summed E-state index contributed by atoms with van der Waals surface area (Å²) in [6.45, 7) is 5.85. The molecule has 0 bridgehead atoms. The van der Waals surface area contributed by atoms with Crippen LogP contribution in [-0.4, -0.2) is 24.1 Å². The molecule has 2 heterocycles. The number of methoxy groups -OCH3 is 1. The van der Waals surface area contributed by atoms with Crippen molar-refractivity contribution in [3.05, 3.63) is 132 Å². The number of ketones is 1. The molecule has 1 unspecified atom stereocenters. The predicted molar refractivity (Wildman–Crippen MR) is 173 cm³/mol. The zero-order chi connectivity index (χ0) is 31.7. The maximum Gasteiger partial charge on any atom is 0.271 e. The number of Topliss-reactive ketones (excluding diaryl/α,β-unsaturated/α-hetero) is 1. The van der Waals surface area contributed by atoms with Gasteiger partial charge in [0.05, 0.1) is 24.3 Å². The Morgan fingerprint density at radius 2 is 1.76 bits per heavy atom. The summed E-state index contributed by atoms with van der Waals surface area (Å²) in [7, 11) is 1.59. The van der Waals surface area contributed by atoms with Crippen LogP contribution in [0.3, 0.4) is 0 Å². The highest BCUT2D eigenvalue weighted by Crippen LogP contribution is 2.40. The highest BCUT2D eigenvalue weighted by atomic mass is 32.1. The smallest absolute Gasteiger partial charge is 0.271 e. The number of fused-ring (bicyclic) bond motifs is 2. The molecule has 1 aromatic heterocycles. The molecule has 1 aliphatic heterocycles. The molecule has 45 heavy (non-hydrogen) atoms. The molecule has 0 saturated carbocycles. The van der Waals surface area contributed by atoms with E-state index in [1.165, 1.54) is 30.4 Å². The summed E-state index contributed by atoms with van der Waals surface area (Å²) in [4.78, 5) is 32.5. The number of ether oxygens (including phenoxy) is 3. The largest absolute Gasteiger partial charge is 0.496 e. The van der Waals surface area contributed by atoms with Gasteiger partial charge in [-0.3, -0.25) is 14.2 Å². The van der Waals surface area contributed by atoms with Crippen LogP contribution in [0, 0.1) is 5.82 Å². The van der Waals surface area contributed by atoms with Crippen molar-refractivity contribution in [1.82, 2.24) is 4.57 Å². The number of rotatable bonds is 9. The molecule has 228 valence electrons. The topological polar surface area (TPSA) is 79.1 Å². The molecule has 0 saturated heterocycles. The molecule has 0 fully saturated rings. The number of hydrogen-bond donors (Lipinski definition) is 0. The summed E-state index contributed by atoms with van der Waals surface area (Å²) < 4.78 is 33.0.